The minimum atomic E-state index is -0.219. The van der Waals surface area contributed by atoms with Gasteiger partial charge in [0.05, 0.1) is 0 Å². The van der Waals surface area contributed by atoms with Gasteiger partial charge in [-0.2, -0.15) is 11.8 Å². The van der Waals surface area contributed by atoms with Crippen LogP contribution in [-0.4, -0.2) is 36.5 Å². The summed E-state index contributed by atoms with van der Waals surface area (Å²) in [4.78, 5) is 2.26. The van der Waals surface area contributed by atoms with E-state index in [0.717, 1.165) is 22.2 Å². The Bertz CT molecular complexity index is 403. The number of nitrogens with zero attached hydrogens (tertiary/aromatic N) is 1. The maximum Gasteiger partial charge on any atom is 0.123 e. The van der Waals surface area contributed by atoms with Gasteiger partial charge in [0.2, 0.25) is 0 Å². The highest BCUT2D eigenvalue weighted by Gasteiger charge is 2.23. The fraction of sp³-hybridized carbons (Fsp3) is 0.571. The zero-order valence-electron chi connectivity index (χ0n) is 11.7. The molecule has 2 atom stereocenters. The lowest BCUT2D eigenvalue weighted by Gasteiger charge is -2.34. The molecule has 0 aromatic heterocycles. The second kappa shape index (κ2) is 8.25. The van der Waals surface area contributed by atoms with Crippen LogP contribution in [0.1, 0.15) is 24.9 Å². The first-order valence-electron chi connectivity index (χ1n) is 6.41. The summed E-state index contributed by atoms with van der Waals surface area (Å²) < 4.78 is 14.4. The Kier molecular flexibility index (Phi) is 7.36. The Morgan fingerprint density at radius 1 is 1.47 bits per heavy atom. The first-order chi connectivity index (χ1) is 9.04. The minimum absolute atomic E-state index is 0.0298. The van der Waals surface area contributed by atoms with E-state index in [1.54, 1.807) is 12.1 Å². The first-order valence-corrected chi connectivity index (χ1v) is 8.59. The van der Waals surface area contributed by atoms with E-state index in [1.165, 1.54) is 6.07 Å². The monoisotopic (exact) mass is 348 g/mol. The largest absolute Gasteiger partial charge is 0.329 e. The Balaban J connectivity index is 3.01. The Hall–Kier alpha value is -0.100. The zero-order valence-corrected chi connectivity index (χ0v) is 14.1. The number of benzene rings is 1. The Morgan fingerprint density at radius 2 is 2.16 bits per heavy atom. The van der Waals surface area contributed by atoms with E-state index in [4.69, 9.17) is 5.73 Å². The molecule has 1 rings (SSSR count). The van der Waals surface area contributed by atoms with Crippen molar-refractivity contribution in [2.24, 2.45) is 5.73 Å². The zero-order chi connectivity index (χ0) is 14.4. The van der Waals surface area contributed by atoms with Crippen LogP contribution in [-0.2, 0) is 0 Å². The number of likely N-dealkylation sites (N-methyl/N-ethyl adjacent to an activating group) is 1. The number of halogens is 2. The molecule has 1 aromatic carbocycles. The van der Waals surface area contributed by atoms with Gasteiger partial charge in [-0.25, -0.2) is 4.39 Å². The third-order valence-electron chi connectivity index (χ3n) is 3.44. The van der Waals surface area contributed by atoms with Crippen LogP contribution in [0.4, 0.5) is 4.39 Å². The summed E-state index contributed by atoms with van der Waals surface area (Å²) in [5.41, 5.74) is 6.84. The van der Waals surface area contributed by atoms with E-state index in [9.17, 15) is 4.39 Å². The third-order valence-corrected chi connectivity index (χ3v) is 4.88. The van der Waals surface area contributed by atoms with Gasteiger partial charge in [0, 0.05) is 28.9 Å². The van der Waals surface area contributed by atoms with E-state index in [-0.39, 0.29) is 11.9 Å². The second-order valence-electron chi connectivity index (χ2n) is 4.60. The van der Waals surface area contributed by atoms with Gasteiger partial charge in [-0.05, 0) is 43.5 Å². The van der Waals surface area contributed by atoms with E-state index < -0.39 is 0 Å². The van der Waals surface area contributed by atoms with Crippen LogP contribution in [0.2, 0.25) is 0 Å². The van der Waals surface area contributed by atoms with Gasteiger partial charge in [-0.3, -0.25) is 4.90 Å². The van der Waals surface area contributed by atoms with Crippen LogP contribution in [0.25, 0.3) is 0 Å². The summed E-state index contributed by atoms with van der Waals surface area (Å²) in [6.45, 7) is 2.65. The quantitative estimate of drug-likeness (QED) is 0.815. The Morgan fingerprint density at radius 3 is 2.68 bits per heavy atom. The maximum absolute atomic E-state index is 13.5. The van der Waals surface area contributed by atoms with Crippen LogP contribution in [0.15, 0.2) is 22.7 Å². The summed E-state index contributed by atoms with van der Waals surface area (Å²) >= 11 is 5.32. The van der Waals surface area contributed by atoms with Crippen LogP contribution in [0.5, 0.6) is 0 Å². The second-order valence-corrected chi connectivity index (χ2v) is 6.37. The van der Waals surface area contributed by atoms with Crippen molar-refractivity contribution in [3.63, 3.8) is 0 Å². The van der Waals surface area contributed by atoms with Crippen molar-refractivity contribution in [2.75, 3.05) is 25.6 Å². The molecule has 2 nitrogen and oxygen atoms in total. The van der Waals surface area contributed by atoms with Crippen molar-refractivity contribution in [3.05, 3.63) is 34.1 Å². The van der Waals surface area contributed by atoms with Crippen molar-refractivity contribution in [2.45, 2.75) is 25.4 Å². The van der Waals surface area contributed by atoms with Gasteiger partial charge < -0.3 is 5.73 Å². The van der Waals surface area contributed by atoms with Crippen molar-refractivity contribution in [1.82, 2.24) is 4.90 Å². The minimum Gasteiger partial charge on any atom is -0.329 e. The van der Waals surface area contributed by atoms with E-state index in [0.29, 0.717) is 12.6 Å². The van der Waals surface area contributed by atoms with Crippen LogP contribution >= 0.6 is 27.7 Å². The molecule has 2 unspecified atom stereocenters. The normalized spacial score (nSPS) is 14.7. The summed E-state index contributed by atoms with van der Waals surface area (Å²) in [6.07, 6.45) is 3.16. The first kappa shape index (κ1) is 17.0. The number of thioether (sulfide) groups is 1. The summed E-state index contributed by atoms with van der Waals surface area (Å²) in [5, 5.41) is 0. The third kappa shape index (κ3) is 4.45. The van der Waals surface area contributed by atoms with Crippen LogP contribution in [0.3, 0.4) is 0 Å². The van der Waals surface area contributed by atoms with Gasteiger partial charge in [0.25, 0.3) is 0 Å². The standard InChI is InChI=1S/C14H22BrFN2S/c1-4-11(9-19-3)18(2)14(8-17)12-7-10(16)5-6-13(12)15/h5-7,11,14H,4,8-9,17H2,1-3H3. The number of rotatable bonds is 7. The molecule has 0 radical (unpaired) electrons. The lowest BCUT2D eigenvalue weighted by molar-refractivity contribution is 0.187. The summed E-state index contributed by atoms with van der Waals surface area (Å²) in [7, 11) is 2.07. The molecule has 0 bridgehead atoms. The predicted molar refractivity (Wildman–Crippen MR) is 86.1 cm³/mol. The van der Waals surface area contributed by atoms with E-state index in [2.05, 4.69) is 41.1 Å². The molecule has 19 heavy (non-hydrogen) atoms. The van der Waals surface area contributed by atoms with Gasteiger partial charge in [-0.15, -0.1) is 0 Å². The smallest absolute Gasteiger partial charge is 0.123 e. The lowest BCUT2D eigenvalue weighted by atomic mass is 10.0. The molecular formula is C14H22BrFN2S. The highest BCUT2D eigenvalue weighted by atomic mass is 79.9. The molecule has 0 aliphatic rings. The molecule has 0 saturated carbocycles. The van der Waals surface area contributed by atoms with Gasteiger partial charge in [0.15, 0.2) is 0 Å². The molecule has 0 aliphatic heterocycles. The van der Waals surface area contributed by atoms with Crippen molar-refractivity contribution < 1.29 is 4.39 Å². The summed E-state index contributed by atoms with van der Waals surface area (Å²) in [5.74, 6) is 0.833. The van der Waals surface area contributed by atoms with Gasteiger partial charge >= 0.3 is 0 Å². The average Bonchev–Trinajstić information content (AvgIpc) is 2.40. The van der Waals surface area contributed by atoms with Gasteiger partial charge in [-0.1, -0.05) is 22.9 Å². The highest BCUT2D eigenvalue weighted by Crippen LogP contribution is 2.29. The average molecular weight is 349 g/mol. The predicted octanol–water partition coefficient (Wildman–Crippen LogP) is 3.66. The van der Waals surface area contributed by atoms with Crippen molar-refractivity contribution in [3.8, 4) is 0 Å². The van der Waals surface area contributed by atoms with Crippen molar-refractivity contribution >= 4 is 27.7 Å². The molecule has 0 fully saturated rings. The molecule has 0 amide bonds. The van der Waals surface area contributed by atoms with Crippen molar-refractivity contribution in [1.29, 1.82) is 0 Å². The summed E-state index contributed by atoms with van der Waals surface area (Å²) in [6, 6.07) is 5.25. The molecular weight excluding hydrogens is 327 g/mol. The molecule has 2 N–H and O–H groups in total. The van der Waals surface area contributed by atoms with Gasteiger partial charge in [0.1, 0.15) is 5.82 Å². The molecule has 1 aromatic rings. The molecule has 0 aliphatic carbocycles. The van der Waals surface area contributed by atoms with Crippen LogP contribution in [0, 0.1) is 5.82 Å². The number of hydrogen-bond acceptors (Lipinski definition) is 3. The molecule has 5 heteroatoms. The molecule has 0 spiro atoms. The number of hydrogen-bond donors (Lipinski definition) is 1. The SMILES string of the molecule is CCC(CSC)N(C)C(CN)c1cc(F)ccc1Br. The Labute approximate surface area is 128 Å². The lowest BCUT2D eigenvalue weighted by Crippen LogP contribution is -2.40. The molecule has 0 heterocycles. The topological polar surface area (TPSA) is 29.3 Å². The van der Waals surface area contributed by atoms with E-state index >= 15 is 0 Å². The fourth-order valence-electron chi connectivity index (χ4n) is 2.25. The fourth-order valence-corrected chi connectivity index (χ4v) is 3.62. The number of nitrogens with two attached hydrogens (primary N) is 1. The maximum atomic E-state index is 13.5. The van der Waals surface area contributed by atoms with Crippen LogP contribution < -0.4 is 5.73 Å². The van der Waals surface area contributed by atoms with E-state index in [1.807, 2.05) is 11.8 Å². The molecule has 108 valence electrons. The molecule has 0 saturated heterocycles. The highest BCUT2D eigenvalue weighted by molar-refractivity contribution is 9.10.